The quantitative estimate of drug-likeness (QED) is 0.140. The van der Waals surface area contributed by atoms with E-state index in [-0.39, 0.29) is 21.2 Å². The molecule has 0 saturated heterocycles. The van der Waals surface area contributed by atoms with Gasteiger partial charge in [-0.15, -0.1) is 0 Å². The first-order valence-electron chi connectivity index (χ1n) is 13.9. The molecule has 0 aromatic heterocycles. The number of benzene rings is 2. The number of hydrogen-bond acceptors (Lipinski definition) is 4. The molecule has 0 spiro atoms. The van der Waals surface area contributed by atoms with E-state index in [0.717, 1.165) is 24.8 Å². The van der Waals surface area contributed by atoms with Crippen LogP contribution >= 0.6 is 11.6 Å². The molecule has 7 heteroatoms. The van der Waals surface area contributed by atoms with Gasteiger partial charge < -0.3 is 4.74 Å². The molecule has 0 aliphatic carbocycles. The number of esters is 1. The van der Waals surface area contributed by atoms with Gasteiger partial charge in [-0.25, -0.2) is 13.2 Å². The molecule has 0 fully saturated rings. The molecule has 0 aliphatic rings. The second-order valence-corrected chi connectivity index (χ2v) is 11.9. The molecule has 37 heavy (non-hydrogen) atoms. The van der Waals surface area contributed by atoms with Gasteiger partial charge in [0.15, 0.2) is 0 Å². The average Bonchev–Trinajstić information content (AvgIpc) is 2.87. The third-order valence-corrected chi connectivity index (χ3v) is 8.22. The fourth-order valence-electron chi connectivity index (χ4n) is 4.20. The number of nitrogens with one attached hydrogen (secondary N) is 1. The van der Waals surface area contributed by atoms with E-state index in [9.17, 15) is 13.2 Å². The van der Waals surface area contributed by atoms with E-state index in [1.165, 1.54) is 94.9 Å². The van der Waals surface area contributed by atoms with Crippen LogP contribution in [0.15, 0.2) is 47.4 Å². The van der Waals surface area contributed by atoms with Gasteiger partial charge >= 0.3 is 5.97 Å². The Balaban J connectivity index is 1.62. The van der Waals surface area contributed by atoms with Gasteiger partial charge in [-0.2, -0.15) is 0 Å². The minimum Gasteiger partial charge on any atom is -0.462 e. The van der Waals surface area contributed by atoms with Gasteiger partial charge in [-0.05, 0) is 43.7 Å². The fourth-order valence-corrected chi connectivity index (χ4v) is 5.49. The summed E-state index contributed by atoms with van der Waals surface area (Å²) in [5.41, 5.74) is 1.37. The minimum atomic E-state index is -3.83. The van der Waals surface area contributed by atoms with Crippen molar-refractivity contribution in [3.63, 3.8) is 0 Å². The van der Waals surface area contributed by atoms with Gasteiger partial charge in [-0.3, -0.25) is 4.72 Å². The maximum atomic E-state index is 12.7. The van der Waals surface area contributed by atoms with E-state index in [1.807, 2.05) is 6.92 Å². The van der Waals surface area contributed by atoms with Gasteiger partial charge in [0, 0.05) is 0 Å². The van der Waals surface area contributed by atoms with Crippen LogP contribution in [-0.4, -0.2) is 21.0 Å². The molecular formula is C30H44ClNO4S. The van der Waals surface area contributed by atoms with Crippen molar-refractivity contribution in [1.29, 1.82) is 0 Å². The lowest BCUT2D eigenvalue weighted by molar-refractivity contribution is 0.0497. The molecular weight excluding hydrogens is 506 g/mol. The first-order valence-corrected chi connectivity index (χ1v) is 15.8. The van der Waals surface area contributed by atoms with E-state index in [4.69, 9.17) is 16.3 Å². The predicted molar refractivity (Wildman–Crippen MR) is 154 cm³/mol. The molecule has 0 heterocycles. The summed E-state index contributed by atoms with van der Waals surface area (Å²) in [7, 11) is -3.83. The molecule has 2 rings (SSSR count). The number of aryl methyl sites for hydroxylation is 1. The summed E-state index contributed by atoms with van der Waals surface area (Å²) in [5.74, 6) is -0.484. The Bertz CT molecular complexity index is 1040. The largest absolute Gasteiger partial charge is 0.462 e. The van der Waals surface area contributed by atoms with Crippen molar-refractivity contribution in [2.75, 3.05) is 11.3 Å². The van der Waals surface area contributed by atoms with Gasteiger partial charge in [0.2, 0.25) is 0 Å². The smallest absolute Gasteiger partial charge is 0.338 e. The summed E-state index contributed by atoms with van der Waals surface area (Å²) in [6.07, 6.45) is 17.8. The summed E-state index contributed by atoms with van der Waals surface area (Å²) in [6, 6.07) is 11.0. The number of halogens is 1. The number of unbranched alkanes of at least 4 members (excludes halogenated alkanes) is 13. The van der Waals surface area contributed by atoms with Crippen LogP contribution < -0.4 is 4.72 Å². The lowest BCUT2D eigenvalue weighted by Gasteiger charge is -2.12. The van der Waals surface area contributed by atoms with Gasteiger partial charge in [0.1, 0.15) is 0 Å². The minimum absolute atomic E-state index is 0.125. The van der Waals surface area contributed by atoms with Crippen LogP contribution in [0.25, 0.3) is 0 Å². The topological polar surface area (TPSA) is 72.5 Å². The number of rotatable bonds is 19. The zero-order valence-corrected chi connectivity index (χ0v) is 24.1. The van der Waals surface area contributed by atoms with Crippen molar-refractivity contribution in [2.45, 2.75) is 109 Å². The maximum absolute atomic E-state index is 12.7. The van der Waals surface area contributed by atoms with E-state index in [2.05, 4.69) is 11.6 Å². The van der Waals surface area contributed by atoms with Crippen LogP contribution in [0, 0.1) is 6.92 Å². The number of hydrogen-bond donors (Lipinski definition) is 1. The first-order chi connectivity index (χ1) is 17.8. The lowest BCUT2D eigenvalue weighted by atomic mass is 10.0. The number of sulfonamides is 1. The van der Waals surface area contributed by atoms with E-state index in [0.29, 0.717) is 6.61 Å². The van der Waals surface area contributed by atoms with Crippen LogP contribution in [0.5, 0.6) is 0 Å². The highest BCUT2D eigenvalue weighted by Crippen LogP contribution is 2.26. The van der Waals surface area contributed by atoms with E-state index >= 15 is 0 Å². The maximum Gasteiger partial charge on any atom is 0.338 e. The monoisotopic (exact) mass is 549 g/mol. The van der Waals surface area contributed by atoms with Crippen LogP contribution in [0.3, 0.4) is 0 Å². The van der Waals surface area contributed by atoms with Crippen molar-refractivity contribution in [3.8, 4) is 0 Å². The second-order valence-electron chi connectivity index (χ2n) is 9.85. The average molecular weight is 550 g/mol. The van der Waals surface area contributed by atoms with Gasteiger partial charge in [-0.1, -0.05) is 120 Å². The number of carbonyl (C=O) groups is 1. The fraction of sp³-hybridized carbons (Fsp3) is 0.567. The molecule has 0 aliphatic heterocycles. The summed E-state index contributed by atoms with van der Waals surface area (Å²) in [6.45, 7) is 4.49. The predicted octanol–water partition coefficient (Wildman–Crippen LogP) is 9.09. The molecule has 1 N–H and O–H groups in total. The molecule has 0 saturated carbocycles. The number of anilines is 1. The lowest BCUT2D eigenvalue weighted by Crippen LogP contribution is -2.14. The molecule has 0 amide bonds. The van der Waals surface area contributed by atoms with Crippen LogP contribution in [0.4, 0.5) is 5.69 Å². The Morgan fingerprint density at radius 3 is 1.84 bits per heavy atom. The molecule has 0 radical (unpaired) electrons. The second kappa shape index (κ2) is 17.5. The van der Waals surface area contributed by atoms with Crippen molar-refractivity contribution in [3.05, 3.63) is 58.6 Å². The highest BCUT2D eigenvalue weighted by atomic mass is 35.5. The SMILES string of the molecule is CCCCCCCCCCCCCCCCOC(=O)c1ccc(Cl)c(NS(=O)(=O)c2ccc(C)cc2)c1. The Hall–Kier alpha value is -2.05. The highest BCUT2D eigenvalue weighted by molar-refractivity contribution is 7.92. The molecule has 2 aromatic rings. The summed E-state index contributed by atoms with van der Waals surface area (Å²) >= 11 is 6.19. The Labute approximate surface area is 229 Å². The Morgan fingerprint density at radius 1 is 0.784 bits per heavy atom. The van der Waals surface area contributed by atoms with E-state index < -0.39 is 16.0 Å². The highest BCUT2D eigenvalue weighted by Gasteiger charge is 2.17. The summed E-state index contributed by atoms with van der Waals surface area (Å²) < 4.78 is 33.2. The normalized spacial score (nSPS) is 11.4. The van der Waals surface area contributed by atoms with E-state index in [1.54, 1.807) is 18.2 Å². The Kier molecular flexibility index (Phi) is 14.7. The molecule has 206 valence electrons. The van der Waals surface area contributed by atoms with Crippen LogP contribution in [0.1, 0.15) is 113 Å². The Morgan fingerprint density at radius 2 is 1.30 bits per heavy atom. The number of carbonyl (C=O) groups excluding carboxylic acids is 1. The van der Waals surface area contributed by atoms with Gasteiger partial charge in [0.25, 0.3) is 10.0 Å². The van der Waals surface area contributed by atoms with Crippen molar-refractivity contribution >= 4 is 33.3 Å². The third-order valence-electron chi connectivity index (χ3n) is 6.51. The summed E-state index contributed by atoms with van der Waals surface area (Å²) in [4.78, 5) is 12.6. The van der Waals surface area contributed by atoms with Crippen LogP contribution in [-0.2, 0) is 14.8 Å². The molecule has 2 aromatic carbocycles. The molecule has 0 atom stereocenters. The van der Waals surface area contributed by atoms with Crippen molar-refractivity contribution in [2.24, 2.45) is 0 Å². The summed E-state index contributed by atoms with van der Waals surface area (Å²) in [5, 5.41) is 0.208. The first kappa shape index (κ1) is 31.2. The number of ether oxygens (including phenoxy) is 1. The van der Waals surface area contributed by atoms with Crippen molar-refractivity contribution < 1.29 is 17.9 Å². The van der Waals surface area contributed by atoms with Crippen LogP contribution in [0.2, 0.25) is 5.02 Å². The molecule has 0 bridgehead atoms. The third kappa shape index (κ3) is 12.4. The molecule has 5 nitrogen and oxygen atoms in total. The van der Waals surface area contributed by atoms with Crippen molar-refractivity contribution in [1.82, 2.24) is 0 Å². The molecule has 0 unspecified atom stereocenters. The zero-order valence-electron chi connectivity index (χ0n) is 22.6. The van der Waals surface area contributed by atoms with Gasteiger partial charge in [0.05, 0.1) is 27.8 Å². The zero-order chi connectivity index (χ0) is 26.9. The standard InChI is InChI=1S/C30H44ClNO4S/c1-3-4-5-6-7-8-9-10-11-12-13-14-15-16-23-36-30(33)26-19-22-28(31)29(24-26)32-37(34,35)27-20-17-25(2)18-21-27/h17-22,24,32H,3-16,23H2,1-2H3.